The van der Waals surface area contributed by atoms with Crippen LogP contribution >= 0.6 is 0 Å². The van der Waals surface area contributed by atoms with Gasteiger partial charge in [-0.2, -0.15) is 0 Å². The van der Waals surface area contributed by atoms with Gasteiger partial charge in [0.1, 0.15) is 0 Å². The first-order chi connectivity index (χ1) is 13.9. The molecule has 4 fully saturated rings. The first-order valence-electron chi connectivity index (χ1n) is 12.2. The number of nitrogens with zero attached hydrogens (tertiary/aromatic N) is 2. The second-order valence-corrected chi connectivity index (χ2v) is 10.6. The van der Waals surface area contributed by atoms with Gasteiger partial charge in [-0.3, -0.25) is 15.5 Å². The second kappa shape index (κ2) is 9.21. The maximum atomic E-state index is 13.2. The van der Waals surface area contributed by atoms with Crippen molar-refractivity contribution >= 4 is 5.91 Å². The van der Waals surface area contributed by atoms with Crippen molar-refractivity contribution in [3.63, 3.8) is 0 Å². The Balaban J connectivity index is 1.32. The van der Waals surface area contributed by atoms with Gasteiger partial charge in [0.2, 0.25) is 5.91 Å². The molecule has 3 N–H and O–H groups in total. The molecule has 8 unspecified atom stereocenters. The van der Waals surface area contributed by atoms with Crippen molar-refractivity contribution in [3.05, 3.63) is 0 Å². The fourth-order valence-electron chi connectivity index (χ4n) is 6.65. The fraction of sp³-hybridized carbons (Fsp3) is 0.957. The molecule has 0 aromatic rings. The molecule has 0 aromatic carbocycles. The Morgan fingerprint density at radius 2 is 1.72 bits per heavy atom. The SMILES string of the molecule is CC1CC(C)N2NCC(C(=O)NC3CCCC(C4CCCC(N(C)C)C4)C3)C2N1. The summed E-state index contributed by atoms with van der Waals surface area (Å²) in [6.07, 6.45) is 11.7. The van der Waals surface area contributed by atoms with E-state index in [9.17, 15) is 4.79 Å². The molecule has 4 rings (SSSR count). The highest BCUT2D eigenvalue weighted by molar-refractivity contribution is 5.80. The molecule has 2 saturated carbocycles. The second-order valence-electron chi connectivity index (χ2n) is 10.6. The van der Waals surface area contributed by atoms with E-state index in [1.54, 1.807) is 0 Å². The van der Waals surface area contributed by atoms with Crippen molar-refractivity contribution in [2.75, 3.05) is 20.6 Å². The molecule has 0 spiro atoms. The third-order valence-electron chi connectivity index (χ3n) is 8.28. The Kier molecular flexibility index (Phi) is 6.84. The number of carbonyl (C=O) groups is 1. The molecule has 0 bridgehead atoms. The Bertz CT molecular complexity index is 569. The Labute approximate surface area is 177 Å². The van der Waals surface area contributed by atoms with Crippen molar-refractivity contribution in [1.82, 2.24) is 26.0 Å². The van der Waals surface area contributed by atoms with Crippen LogP contribution in [0.4, 0.5) is 0 Å². The van der Waals surface area contributed by atoms with Crippen LogP contribution in [0.15, 0.2) is 0 Å². The minimum atomic E-state index is 0.00776. The number of hydrogen-bond acceptors (Lipinski definition) is 5. The quantitative estimate of drug-likeness (QED) is 0.670. The number of hydrogen-bond donors (Lipinski definition) is 3. The number of nitrogens with one attached hydrogen (secondary N) is 3. The molecule has 8 atom stereocenters. The minimum Gasteiger partial charge on any atom is -0.353 e. The van der Waals surface area contributed by atoms with Crippen LogP contribution in [-0.4, -0.2) is 66.8 Å². The van der Waals surface area contributed by atoms with E-state index in [-0.39, 0.29) is 18.0 Å². The largest absolute Gasteiger partial charge is 0.353 e. The molecule has 0 radical (unpaired) electrons. The normalized spacial score (nSPS) is 43.9. The number of hydrazine groups is 1. The smallest absolute Gasteiger partial charge is 0.227 e. The summed E-state index contributed by atoms with van der Waals surface area (Å²) in [6.45, 7) is 5.25. The fourth-order valence-corrected chi connectivity index (χ4v) is 6.65. The summed E-state index contributed by atoms with van der Waals surface area (Å²) >= 11 is 0. The molecule has 1 amide bonds. The van der Waals surface area contributed by atoms with Crippen LogP contribution in [-0.2, 0) is 4.79 Å². The van der Waals surface area contributed by atoms with Crippen LogP contribution in [0.5, 0.6) is 0 Å². The average Bonchev–Trinajstić information content (AvgIpc) is 3.12. The van der Waals surface area contributed by atoms with Crippen LogP contribution < -0.4 is 16.1 Å². The van der Waals surface area contributed by atoms with Crippen LogP contribution in [0, 0.1) is 17.8 Å². The van der Waals surface area contributed by atoms with Crippen molar-refractivity contribution in [2.45, 2.75) is 102 Å². The van der Waals surface area contributed by atoms with Crippen LogP contribution in [0.1, 0.15) is 71.6 Å². The van der Waals surface area contributed by atoms with Gasteiger partial charge in [0.15, 0.2) is 0 Å². The summed E-state index contributed by atoms with van der Waals surface area (Å²) in [6, 6.07) is 2.06. The van der Waals surface area contributed by atoms with Gasteiger partial charge in [0.05, 0.1) is 12.1 Å². The molecule has 2 aliphatic carbocycles. The number of amides is 1. The van der Waals surface area contributed by atoms with E-state index in [0.29, 0.717) is 18.1 Å². The Hall–Kier alpha value is -0.690. The van der Waals surface area contributed by atoms with Crippen LogP contribution in [0.2, 0.25) is 0 Å². The van der Waals surface area contributed by atoms with E-state index in [2.05, 4.69) is 53.9 Å². The van der Waals surface area contributed by atoms with Crippen LogP contribution in [0.3, 0.4) is 0 Å². The number of fused-ring (bicyclic) bond motifs is 1. The lowest BCUT2D eigenvalue weighted by molar-refractivity contribution is -0.127. The molecule has 6 heteroatoms. The molecule has 166 valence electrons. The molecule has 4 aliphatic rings. The lowest BCUT2D eigenvalue weighted by atomic mass is 9.71. The van der Waals surface area contributed by atoms with Crippen LogP contribution in [0.25, 0.3) is 0 Å². The van der Waals surface area contributed by atoms with Gasteiger partial charge in [-0.1, -0.05) is 25.7 Å². The maximum Gasteiger partial charge on any atom is 0.227 e. The molecular formula is C23H43N5O. The summed E-state index contributed by atoms with van der Waals surface area (Å²) < 4.78 is 0. The molecule has 0 aromatic heterocycles. The van der Waals surface area contributed by atoms with Gasteiger partial charge in [-0.15, -0.1) is 0 Å². The van der Waals surface area contributed by atoms with E-state index in [1.165, 1.54) is 44.9 Å². The van der Waals surface area contributed by atoms with Gasteiger partial charge in [-0.05, 0) is 71.9 Å². The topological polar surface area (TPSA) is 59.6 Å². The molecule has 29 heavy (non-hydrogen) atoms. The third kappa shape index (κ3) is 4.81. The standard InChI is InChI=1S/C23H43N5O/c1-15-11-16(2)28-22(25-15)21(14-24-28)23(29)26-19-9-5-7-17(12-19)18-8-6-10-20(13-18)27(3)4/h15-22,24-25H,5-14H2,1-4H3,(H,26,29). The average molecular weight is 406 g/mol. The zero-order valence-corrected chi connectivity index (χ0v) is 19.0. The summed E-state index contributed by atoms with van der Waals surface area (Å²) in [7, 11) is 4.47. The van der Waals surface area contributed by atoms with Gasteiger partial charge in [-0.25, -0.2) is 5.01 Å². The zero-order valence-electron chi connectivity index (χ0n) is 19.0. The molecule has 2 heterocycles. The van der Waals surface area contributed by atoms with E-state index in [4.69, 9.17) is 0 Å². The summed E-state index contributed by atoms with van der Waals surface area (Å²) in [5.41, 5.74) is 3.48. The number of carbonyl (C=O) groups excluding carboxylic acids is 1. The predicted octanol–water partition coefficient (Wildman–Crippen LogP) is 2.31. The maximum absolute atomic E-state index is 13.2. The number of rotatable bonds is 4. The van der Waals surface area contributed by atoms with Gasteiger partial charge in [0.25, 0.3) is 0 Å². The summed E-state index contributed by atoms with van der Waals surface area (Å²) in [4.78, 5) is 15.6. The lowest BCUT2D eigenvalue weighted by Gasteiger charge is -2.42. The molecule has 6 nitrogen and oxygen atoms in total. The van der Waals surface area contributed by atoms with Crippen molar-refractivity contribution < 1.29 is 4.79 Å². The van der Waals surface area contributed by atoms with Gasteiger partial charge < -0.3 is 10.2 Å². The van der Waals surface area contributed by atoms with E-state index in [1.807, 2.05) is 0 Å². The highest BCUT2D eigenvalue weighted by Gasteiger charge is 2.44. The monoisotopic (exact) mass is 405 g/mol. The Morgan fingerprint density at radius 3 is 2.48 bits per heavy atom. The van der Waals surface area contributed by atoms with Gasteiger partial charge in [0, 0.05) is 30.7 Å². The van der Waals surface area contributed by atoms with E-state index in [0.717, 1.165) is 37.3 Å². The van der Waals surface area contributed by atoms with Crippen molar-refractivity contribution in [3.8, 4) is 0 Å². The summed E-state index contributed by atoms with van der Waals surface area (Å²) in [5.74, 6) is 1.90. The Morgan fingerprint density at radius 1 is 1.00 bits per heavy atom. The summed E-state index contributed by atoms with van der Waals surface area (Å²) in [5, 5.41) is 9.40. The van der Waals surface area contributed by atoms with Crippen molar-refractivity contribution in [1.29, 1.82) is 0 Å². The molecule has 2 aliphatic heterocycles. The first-order valence-corrected chi connectivity index (χ1v) is 12.2. The minimum absolute atomic E-state index is 0.00776. The van der Waals surface area contributed by atoms with E-state index < -0.39 is 0 Å². The van der Waals surface area contributed by atoms with Crippen molar-refractivity contribution in [2.24, 2.45) is 17.8 Å². The highest BCUT2D eigenvalue weighted by Crippen LogP contribution is 2.39. The van der Waals surface area contributed by atoms with Gasteiger partial charge >= 0.3 is 0 Å². The third-order valence-corrected chi connectivity index (χ3v) is 8.28. The highest BCUT2D eigenvalue weighted by atomic mass is 16.2. The molecular weight excluding hydrogens is 362 g/mol. The molecule has 2 saturated heterocycles. The predicted molar refractivity (Wildman–Crippen MR) is 117 cm³/mol. The zero-order chi connectivity index (χ0) is 20.5. The van der Waals surface area contributed by atoms with E-state index >= 15 is 0 Å². The first kappa shape index (κ1) is 21.5. The lowest BCUT2D eigenvalue weighted by Crippen LogP contribution is -2.61.